The molecule has 1 heterocycles. The molecule has 0 spiro atoms. The Morgan fingerprint density at radius 2 is 2.41 bits per heavy atom. The van der Waals surface area contributed by atoms with E-state index in [4.69, 9.17) is 9.84 Å². The van der Waals surface area contributed by atoms with Gasteiger partial charge in [-0.2, -0.15) is 0 Å². The summed E-state index contributed by atoms with van der Waals surface area (Å²) in [4.78, 5) is 24.1. The monoisotopic (exact) mass is 237 g/mol. The van der Waals surface area contributed by atoms with E-state index in [2.05, 4.69) is 0 Å². The van der Waals surface area contributed by atoms with Crippen LogP contribution in [0.15, 0.2) is 24.0 Å². The van der Waals surface area contributed by atoms with E-state index in [0.29, 0.717) is 19.4 Å². The predicted molar refractivity (Wildman–Crippen MR) is 60.2 cm³/mol. The summed E-state index contributed by atoms with van der Waals surface area (Å²) < 4.78 is 5.51. The van der Waals surface area contributed by atoms with Crippen LogP contribution < -0.4 is 0 Å². The molecule has 1 saturated heterocycles. The number of amides is 1. The maximum absolute atomic E-state index is 11.9. The Labute approximate surface area is 99.4 Å². The van der Waals surface area contributed by atoms with Crippen LogP contribution in [0.1, 0.15) is 19.3 Å². The Hall–Kier alpha value is -1.78. The Balaban J connectivity index is 2.13. The summed E-state index contributed by atoms with van der Waals surface area (Å²) >= 11 is 0. The molecule has 0 radical (unpaired) electrons. The minimum Gasteiger partial charge on any atom is -0.495 e. The van der Waals surface area contributed by atoms with Crippen molar-refractivity contribution in [2.75, 3.05) is 13.2 Å². The Bertz CT molecular complexity index is 386. The lowest BCUT2D eigenvalue weighted by Gasteiger charge is -2.30. The van der Waals surface area contributed by atoms with Gasteiger partial charge < -0.3 is 14.7 Å². The second-order valence-corrected chi connectivity index (χ2v) is 4.08. The number of ether oxygens (including phenoxy) is 1. The van der Waals surface area contributed by atoms with E-state index < -0.39 is 5.97 Å². The quantitative estimate of drug-likeness (QED) is 0.792. The number of fused-ring (bicyclic) bond motifs is 1. The molecular formula is C12H15NO4. The van der Waals surface area contributed by atoms with Crippen molar-refractivity contribution in [2.45, 2.75) is 25.3 Å². The van der Waals surface area contributed by atoms with Crippen LogP contribution in [0.2, 0.25) is 0 Å². The van der Waals surface area contributed by atoms with Gasteiger partial charge in [-0.15, -0.1) is 0 Å². The summed E-state index contributed by atoms with van der Waals surface area (Å²) in [6, 6.07) is -0.130. The minimum atomic E-state index is -0.889. The first-order chi connectivity index (χ1) is 8.18. The molecule has 1 unspecified atom stereocenters. The van der Waals surface area contributed by atoms with Crippen LogP contribution in [0, 0.1) is 0 Å². The number of carbonyl (C=O) groups is 2. The summed E-state index contributed by atoms with van der Waals surface area (Å²) in [7, 11) is 0. The van der Waals surface area contributed by atoms with Gasteiger partial charge in [0.05, 0.1) is 25.5 Å². The lowest BCUT2D eigenvalue weighted by molar-refractivity contribution is -0.138. The maximum Gasteiger partial charge on any atom is 0.305 e. The second-order valence-electron chi connectivity index (χ2n) is 4.08. The molecule has 2 rings (SSSR count). The average molecular weight is 237 g/mol. The fourth-order valence-corrected chi connectivity index (χ4v) is 2.09. The number of hydrogen-bond donors (Lipinski definition) is 1. The van der Waals surface area contributed by atoms with Crippen LogP contribution in [0.25, 0.3) is 0 Å². The van der Waals surface area contributed by atoms with Crippen molar-refractivity contribution >= 4 is 11.9 Å². The van der Waals surface area contributed by atoms with Gasteiger partial charge >= 0.3 is 5.97 Å². The number of carboxylic acids is 1. The fraction of sp³-hybridized carbons (Fsp3) is 0.500. The average Bonchev–Trinajstić information content (AvgIpc) is 2.45. The highest BCUT2D eigenvalue weighted by Crippen LogP contribution is 2.24. The normalized spacial score (nSPS) is 23.5. The molecule has 0 saturated carbocycles. The molecule has 1 N–H and O–H groups in total. The number of aliphatic carboxylic acids is 1. The molecule has 0 aromatic carbocycles. The smallest absolute Gasteiger partial charge is 0.305 e. The number of carboxylic acid groups (broad SMARTS) is 1. The summed E-state index contributed by atoms with van der Waals surface area (Å²) in [5.41, 5.74) is 0. The second kappa shape index (κ2) is 5.03. The Kier molecular flexibility index (Phi) is 3.46. The van der Waals surface area contributed by atoms with Gasteiger partial charge in [0.2, 0.25) is 5.91 Å². The van der Waals surface area contributed by atoms with Gasteiger partial charge in [0.25, 0.3) is 0 Å². The summed E-state index contributed by atoms with van der Waals surface area (Å²) in [5.74, 6) is -0.154. The first-order valence-electron chi connectivity index (χ1n) is 5.69. The molecule has 1 aliphatic heterocycles. The first kappa shape index (κ1) is 11.7. The molecule has 0 aromatic rings. The molecule has 17 heavy (non-hydrogen) atoms. The molecule has 5 heteroatoms. The number of carbonyl (C=O) groups excluding carboxylic acids is 1. The van der Waals surface area contributed by atoms with E-state index in [0.717, 1.165) is 5.76 Å². The molecular weight excluding hydrogens is 222 g/mol. The Morgan fingerprint density at radius 3 is 3.18 bits per heavy atom. The molecule has 5 nitrogen and oxygen atoms in total. The van der Waals surface area contributed by atoms with E-state index in [1.165, 1.54) is 0 Å². The zero-order valence-electron chi connectivity index (χ0n) is 9.46. The van der Waals surface area contributed by atoms with E-state index in [1.807, 2.05) is 18.2 Å². The lowest BCUT2D eigenvalue weighted by atomic mass is 10.0. The van der Waals surface area contributed by atoms with Crippen LogP contribution in [0.3, 0.4) is 0 Å². The van der Waals surface area contributed by atoms with Gasteiger partial charge in [0.15, 0.2) is 0 Å². The third-order valence-corrected chi connectivity index (χ3v) is 2.93. The highest BCUT2D eigenvalue weighted by molar-refractivity contribution is 5.78. The largest absolute Gasteiger partial charge is 0.495 e. The van der Waals surface area contributed by atoms with Crippen LogP contribution >= 0.6 is 0 Å². The SMILES string of the molecule is O=C(O)CCN1C(=O)CCOC2=CC=CCC21. The number of allylic oxidation sites excluding steroid dienone is 2. The van der Waals surface area contributed by atoms with Crippen LogP contribution in [-0.4, -0.2) is 41.1 Å². The molecule has 1 aliphatic carbocycles. The highest BCUT2D eigenvalue weighted by atomic mass is 16.5. The van der Waals surface area contributed by atoms with Gasteiger partial charge in [0, 0.05) is 6.54 Å². The first-order valence-corrected chi connectivity index (χ1v) is 5.69. The molecule has 2 aliphatic rings. The van der Waals surface area contributed by atoms with Gasteiger partial charge in [0.1, 0.15) is 5.76 Å². The molecule has 1 fully saturated rings. The fourth-order valence-electron chi connectivity index (χ4n) is 2.09. The van der Waals surface area contributed by atoms with Crippen molar-refractivity contribution in [1.82, 2.24) is 4.90 Å². The van der Waals surface area contributed by atoms with E-state index in [-0.39, 0.29) is 24.9 Å². The zero-order valence-corrected chi connectivity index (χ0v) is 9.46. The zero-order chi connectivity index (χ0) is 12.3. The molecule has 1 atom stereocenters. The Morgan fingerprint density at radius 1 is 1.59 bits per heavy atom. The van der Waals surface area contributed by atoms with Crippen LogP contribution in [0.5, 0.6) is 0 Å². The third-order valence-electron chi connectivity index (χ3n) is 2.93. The standard InChI is InChI=1S/C12H15NO4/c14-11-6-8-17-10-4-2-1-3-9(10)13(11)7-5-12(15)16/h1-2,4,9H,3,5-8H2,(H,15,16). The van der Waals surface area contributed by atoms with Gasteiger partial charge in [-0.1, -0.05) is 12.2 Å². The predicted octanol–water partition coefficient (Wildman–Crippen LogP) is 0.922. The number of rotatable bonds is 3. The third kappa shape index (κ3) is 2.67. The van der Waals surface area contributed by atoms with Gasteiger partial charge in [-0.05, 0) is 12.5 Å². The molecule has 92 valence electrons. The lowest BCUT2D eigenvalue weighted by Crippen LogP contribution is -2.41. The van der Waals surface area contributed by atoms with E-state index in [1.54, 1.807) is 4.90 Å². The van der Waals surface area contributed by atoms with Crippen molar-refractivity contribution in [3.05, 3.63) is 24.0 Å². The van der Waals surface area contributed by atoms with Crippen molar-refractivity contribution in [1.29, 1.82) is 0 Å². The van der Waals surface area contributed by atoms with Crippen LogP contribution in [0.4, 0.5) is 0 Å². The van der Waals surface area contributed by atoms with Crippen molar-refractivity contribution in [3.8, 4) is 0 Å². The summed E-state index contributed by atoms with van der Waals surface area (Å²) in [5, 5.41) is 8.70. The van der Waals surface area contributed by atoms with Gasteiger partial charge in [-0.3, -0.25) is 9.59 Å². The summed E-state index contributed by atoms with van der Waals surface area (Å²) in [6.45, 7) is 0.617. The van der Waals surface area contributed by atoms with Gasteiger partial charge in [-0.25, -0.2) is 0 Å². The molecule has 0 bridgehead atoms. The molecule has 0 aromatic heterocycles. The van der Waals surface area contributed by atoms with E-state index >= 15 is 0 Å². The maximum atomic E-state index is 11.9. The number of hydrogen-bond acceptors (Lipinski definition) is 3. The van der Waals surface area contributed by atoms with Crippen molar-refractivity contribution < 1.29 is 19.4 Å². The highest BCUT2D eigenvalue weighted by Gasteiger charge is 2.31. The molecule has 1 amide bonds. The topological polar surface area (TPSA) is 66.8 Å². The summed E-state index contributed by atoms with van der Waals surface area (Å²) in [6.07, 6.45) is 6.69. The minimum absolute atomic E-state index is 0.0285. The number of nitrogens with zero attached hydrogens (tertiary/aromatic N) is 1. The van der Waals surface area contributed by atoms with Crippen molar-refractivity contribution in [2.24, 2.45) is 0 Å². The van der Waals surface area contributed by atoms with E-state index in [9.17, 15) is 9.59 Å². The van der Waals surface area contributed by atoms with Crippen LogP contribution in [-0.2, 0) is 14.3 Å². The van der Waals surface area contributed by atoms with Crippen molar-refractivity contribution in [3.63, 3.8) is 0 Å².